The van der Waals surface area contributed by atoms with Gasteiger partial charge in [-0.2, -0.15) is 0 Å². The van der Waals surface area contributed by atoms with Crippen molar-refractivity contribution in [1.29, 1.82) is 0 Å². The van der Waals surface area contributed by atoms with E-state index in [-0.39, 0.29) is 0 Å². The number of imidazole rings is 1. The Kier molecular flexibility index (Phi) is 4.79. The van der Waals surface area contributed by atoms with Crippen LogP contribution < -0.4 is 5.73 Å². The molecule has 3 nitrogen and oxygen atoms in total. The van der Waals surface area contributed by atoms with Crippen LogP contribution in [0.5, 0.6) is 0 Å². The molecule has 2 aromatic rings. The molecule has 0 aliphatic heterocycles. The highest BCUT2D eigenvalue weighted by atomic mass is 35.5. The molecule has 0 aliphatic carbocycles. The summed E-state index contributed by atoms with van der Waals surface area (Å²) in [6, 6.07) is 7.99. The van der Waals surface area contributed by atoms with Gasteiger partial charge < -0.3 is 10.3 Å². The Morgan fingerprint density at radius 1 is 1.17 bits per heavy atom. The van der Waals surface area contributed by atoms with E-state index in [0.29, 0.717) is 0 Å². The molecule has 0 aliphatic rings. The van der Waals surface area contributed by atoms with Crippen molar-refractivity contribution < 1.29 is 0 Å². The average Bonchev–Trinajstić information content (AvgIpc) is 2.83. The van der Waals surface area contributed by atoms with Gasteiger partial charge in [-0.15, -0.1) is 0 Å². The molecule has 0 fully saturated rings. The van der Waals surface area contributed by atoms with E-state index in [1.165, 1.54) is 5.56 Å². The van der Waals surface area contributed by atoms with E-state index in [2.05, 4.69) is 21.7 Å². The van der Waals surface area contributed by atoms with Crippen LogP contribution in [0.3, 0.4) is 0 Å². The van der Waals surface area contributed by atoms with Crippen molar-refractivity contribution in [3.63, 3.8) is 0 Å². The fourth-order valence-corrected chi connectivity index (χ4v) is 2.07. The van der Waals surface area contributed by atoms with Crippen LogP contribution in [0.25, 0.3) is 0 Å². The predicted molar refractivity (Wildman–Crippen MR) is 74.8 cm³/mol. The zero-order valence-electron chi connectivity index (χ0n) is 10.3. The van der Waals surface area contributed by atoms with E-state index in [4.69, 9.17) is 17.3 Å². The molecule has 0 unspecified atom stereocenters. The van der Waals surface area contributed by atoms with E-state index < -0.39 is 0 Å². The molecule has 18 heavy (non-hydrogen) atoms. The lowest BCUT2D eigenvalue weighted by molar-refractivity contribution is 0.614. The van der Waals surface area contributed by atoms with Gasteiger partial charge in [0.05, 0.1) is 0 Å². The molecule has 96 valence electrons. The third-order valence-corrected chi connectivity index (χ3v) is 3.21. The fourth-order valence-electron chi connectivity index (χ4n) is 1.94. The Morgan fingerprint density at radius 3 is 2.67 bits per heavy atom. The summed E-state index contributed by atoms with van der Waals surface area (Å²) in [6.45, 7) is 1.67. The summed E-state index contributed by atoms with van der Waals surface area (Å²) in [6.07, 6.45) is 6.79. The molecule has 0 saturated carbocycles. The minimum atomic E-state index is 0.717. The Bertz CT molecular complexity index is 476. The Labute approximate surface area is 113 Å². The first-order valence-corrected chi connectivity index (χ1v) is 6.62. The molecule has 1 aromatic heterocycles. The van der Waals surface area contributed by atoms with Crippen LogP contribution in [0.15, 0.2) is 36.7 Å². The van der Waals surface area contributed by atoms with E-state index in [0.717, 1.165) is 43.2 Å². The van der Waals surface area contributed by atoms with Gasteiger partial charge in [-0.1, -0.05) is 23.7 Å². The van der Waals surface area contributed by atoms with E-state index in [1.54, 1.807) is 0 Å². The molecule has 0 spiro atoms. The normalized spacial score (nSPS) is 10.8. The number of rotatable bonds is 6. The summed E-state index contributed by atoms with van der Waals surface area (Å²) in [5.74, 6) is 1.12. The largest absolute Gasteiger partial charge is 0.335 e. The smallest absolute Gasteiger partial charge is 0.108 e. The molecule has 2 N–H and O–H groups in total. The molecular formula is C14H18ClN3. The summed E-state index contributed by atoms with van der Waals surface area (Å²) < 4.78 is 2.18. The first-order valence-electron chi connectivity index (χ1n) is 6.24. The molecule has 1 heterocycles. The first-order chi connectivity index (χ1) is 8.79. The maximum atomic E-state index is 5.87. The lowest BCUT2D eigenvalue weighted by atomic mass is 10.1. The standard InChI is InChI=1S/C14H18ClN3/c15-13-5-2-12(3-6-13)4-7-14-17-9-11-18(14)10-1-8-16/h2-3,5-6,9,11H,1,4,7-8,10,16H2. The van der Waals surface area contributed by atoms with Gasteiger partial charge in [-0.3, -0.25) is 0 Å². The summed E-state index contributed by atoms with van der Waals surface area (Å²) in [4.78, 5) is 4.40. The summed E-state index contributed by atoms with van der Waals surface area (Å²) >= 11 is 5.87. The van der Waals surface area contributed by atoms with Crippen molar-refractivity contribution in [2.24, 2.45) is 5.73 Å². The number of aryl methyl sites for hydroxylation is 3. The first kappa shape index (κ1) is 13.1. The van der Waals surface area contributed by atoms with Crippen LogP contribution >= 0.6 is 11.6 Å². The SMILES string of the molecule is NCCCn1ccnc1CCc1ccc(Cl)cc1. The predicted octanol–water partition coefficient (Wildman–Crippen LogP) is 2.67. The maximum Gasteiger partial charge on any atom is 0.108 e. The third kappa shape index (κ3) is 3.59. The molecule has 0 saturated heterocycles. The number of aromatic nitrogens is 2. The summed E-state index contributed by atoms with van der Waals surface area (Å²) in [5, 5.41) is 0.781. The molecule has 4 heteroatoms. The van der Waals surface area contributed by atoms with Crippen molar-refractivity contribution in [3.05, 3.63) is 53.1 Å². The molecule has 0 atom stereocenters. The van der Waals surface area contributed by atoms with Crippen molar-refractivity contribution in [1.82, 2.24) is 9.55 Å². The average molecular weight is 264 g/mol. The van der Waals surface area contributed by atoms with Gasteiger partial charge in [-0.25, -0.2) is 4.98 Å². The topological polar surface area (TPSA) is 43.8 Å². The van der Waals surface area contributed by atoms with Gasteiger partial charge in [0.2, 0.25) is 0 Å². The van der Waals surface area contributed by atoms with Gasteiger partial charge in [0, 0.05) is 30.4 Å². The van der Waals surface area contributed by atoms with Gasteiger partial charge in [0.15, 0.2) is 0 Å². The molecule has 0 amide bonds. The zero-order chi connectivity index (χ0) is 12.8. The second-order valence-electron chi connectivity index (χ2n) is 4.31. The highest BCUT2D eigenvalue weighted by molar-refractivity contribution is 6.30. The molecule has 2 rings (SSSR count). The van der Waals surface area contributed by atoms with E-state index in [1.807, 2.05) is 24.5 Å². The summed E-state index contributed by atoms with van der Waals surface area (Å²) in [7, 11) is 0. The van der Waals surface area contributed by atoms with Crippen LogP contribution in [0.4, 0.5) is 0 Å². The number of hydrogen-bond acceptors (Lipinski definition) is 2. The van der Waals surface area contributed by atoms with Gasteiger partial charge in [0.25, 0.3) is 0 Å². The Morgan fingerprint density at radius 2 is 1.94 bits per heavy atom. The lowest BCUT2D eigenvalue weighted by Crippen LogP contribution is -2.09. The van der Waals surface area contributed by atoms with Crippen LogP contribution in [-0.2, 0) is 19.4 Å². The third-order valence-electron chi connectivity index (χ3n) is 2.96. The Hall–Kier alpha value is -1.32. The van der Waals surface area contributed by atoms with E-state index in [9.17, 15) is 0 Å². The highest BCUT2D eigenvalue weighted by Gasteiger charge is 2.03. The highest BCUT2D eigenvalue weighted by Crippen LogP contribution is 2.11. The number of nitrogens with zero attached hydrogens (tertiary/aromatic N) is 2. The number of halogens is 1. The van der Waals surface area contributed by atoms with Crippen LogP contribution in [0.1, 0.15) is 17.8 Å². The minimum Gasteiger partial charge on any atom is -0.335 e. The van der Waals surface area contributed by atoms with Crippen molar-refractivity contribution >= 4 is 11.6 Å². The molecule has 1 aromatic carbocycles. The Balaban J connectivity index is 1.93. The van der Waals surface area contributed by atoms with Gasteiger partial charge in [-0.05, 0) is 37.1 Å². The number of hydrogen-bond donors (Lipinski definition) is 1. The van der Waals surface area contributed by atoms with Crippen molar-refractivity contribution in [3.8, 4) is 0 Å². The van der Waals surface area contributed by atoms with Crippen LogP contribution in [-0.4, -0.2) is 16.1 Å². The number of nitrogens with two attached hydrogens (primary N) is 1. The molecule has 0 radical (unpaired) electrons. The fraction of sp³-hybridized carbons (Fsp3) is 0.357. The monoisotopic (exact) mass is 263 g/mol. The van der Waals surface area contributed by atoms with Crippen LogP contribution in [0, 0.1) is 0 Å². The lowest BCUT2D eigenvalue weighted by Gasteiger charge is -2.07. The quantitative estimate of drug-likeness (QED) is 0.871. The van der Waals surface area contributed by atoms with Gasteiger partial charge in [0.1, 0.15) is 5.82 Å². The van der Waals surface area contributed by atoms with Crippen molar-refractivity contribution in [2.75, 3.05) is 6.54 Å². The maximum absolute atomic E-state index is 5.87. The number of benzene rings is 1. The zero-order valence-corrected chi connectivity index (χ0v) is 11.1. The molecular weight excluding hydrogens is 246 g/mol. The minimum absolute atomic E-state index is 0.717. The van der Waals surface area contributed by atoms with E-state index >= 15 is 0 Å². The molecule has 0 bridgehead atoms. The van der Waals surface area contributed by atoms with Crippen molar-refractivity contribution in [2.45, 2.75) is 25.8 Å². The van der Waals surface area contributed by atoms with Crippen LogP contribution in [0.2, 0.25) is 5.02 Å². The second kappa shape index (κ2) is 6.57. The van der Waals surface area contributed by atoms with Gasteiger partial charge >= 0.3 is 0 Å². The summed E-state index contributed by atoms with van der Waals surface area (Å²) in [5.41, 5.74) is 6.81. The second-order valence-corrected chi connectivity index (χ2v) is 4.74.